The van der Waals surface area contributed by atoms with Gasteiger partial charge in [-0.2, -0.15) is 5.21 Å². The Labute approximate surface area is 199 Å². The number of aromatic amines is 1. The summed E-state index contributed by atoms with van der Waals surface area (Å²) in [4.78, 5) is 0. The molecule has 1 aromatic carbocycles. The predicted octanol–water partition coefficient (Wildman–Crippen LogP) is 7.17. The molecule has 0 spiro atoms. The van der Waals surface area contributed by atoms with Gasteiger partial charge in [0.25, 0.3) is 0 Å². The van der Waals surface area contributed by atoms with E-state index in [1.54, 1.807) is 0 Å². The third-order valence-electron chi connectivity index (χ3n) is 5.71. The van der Waals surface area contributed by atoms with Crippen LogP contribution in [0, 0.1) is 11.8 Å². The minimum absolute atomic E-state index is 0.550. The molecule has 0 saturated heterocycles. The maximum absolute atomic E-state index is 6.19. The summed E-state index contributed by atoms with van der Waals surface area (Å²) in [6, 6.07) is 5.85. The fourth-order valence-electron chi connectivity index (χ4n) is 3.51. The number of nitrogens with zero attached hydrogens (tertiary/aromatic N) is 3. The van der Waals surface area contributed by atoms with Crippen LogP contribution in [0.4, 0.5) is 0 Å². The Morgan fingerprint density at radius 3 is 1.94 bits per heavy atom. The normalized spacial score (nSPS) is 12.7. The van der Waals surface area contributed by atoms with E-state index >= 15 is 0 Å². The van der Waals surface area contributed by atoms with Crippen molar-refractivity contribution in [2.75, 3.05) is 13.2 Å². The molecule has 6 nitrogen and oxygen atoms in total. The molecule has 182 valence electrons. The van der Waals surface area contributed by atoms with Gasteiger partial charge in [-0.3, -0.25) is 0 Å². The van der Waals surface area contributed by atoms with Gasteiger partial charge in [-0.05, 0) is 101 Å². The van der Waals surface area contributed by atoms with Crippen molar-refractivity contribution in [2.45, 2.75) is 80.1 Å². The van der Waals surface area contributed by atoms with Crippen molar-refractivity contribution in [1.29, 1.82) is 0 Å². The lowest BCUT2D eigenvalue weighted by atomic mass is 10.0. The SMILES string of the molecule is CC(C)=CCC[C@@H](C)CCOc1ccc(-c2nn[nH]n2)cc1OCC[C@H](C)CCC=C(C)C. The molecule has 0 radical (unpaired) electrons. The van der Waals surface area contributed by atoms with Gasteiger partial charge in [0.05, 0.1) is 13.2 Å². The van der Waals surface area contributed by atoms with Gasteiger partial charge in [-0.25, -0.2) is 0 Å². The molecule has 2 atom stereocenters. The Hall–Kier alpha value is -2.63. The zero-order valence-electron chi connectivity index (χ0n) is 21.4. The van der Waals surface area contributed by atoms with E-state index in [2.05, 4.69) is 74.3 Å². The lowest BCUT2D eigenvalue weighted by molar-refractivity contribution is 0.240. The molecule has 2 aromatic rings. The highest BCUT2D eigenvalue weighted by atomic mass is 16.5. The Morgan fingerprint density at radius 2 is 1.42 bits per heavy atom. The van der Waals surface area contributed by atoms with Crippen LogP contribution in [0.2, 0.25) is 0 Å². The van der Waals surface area contributed by atoms with E-state index in [1.807, 2.05) is 18.2 Å². The summed E-state index contributed by atoms with van der Waals surface area (Å²) in [6.07, 6.45) is 11.2. The zero-order chi connectivity index (χ0) is 24.1. The number of benzene rings is 1. The van der Waals surface area contributed by atoms with Crippen LogP contribution in [-0.4, -0.2) is 33.8 Å². The molecule has 0 saturated carbocycles. The molecule has 0 aliphatic heterocycles. The monoisotopic (exact) mass is 454 g/mol. The molecule has 1 N–H and O–H groups in total. The zero-order valence-corrected chi connectivity index (χ0v) is 21.4. The van der Waals surface area contributed by atoms with Crippen molar-refractivity contribution >= 4 is 0 Å². The molecule has 0 fully saturated rings. The number of nitrogens with one attached hydrogen (secondary N) is 1. The number of aromatic nitrogens is 4. The highest BCUT2D eigenvalue weighted by Gasteiger charge is 2.12. The van der Waals surface area contributed by atoms with E-state index in [0.717, 1.165) is 42.7 Å². The Kier molecular flexibility index (Phi) is 11.7. The third kappa shape index (κ3) is 10.7. The molecular weight excluding hydrogens is 412 g/mol. The van der Waals surface area contributed by atoms with Gasteiger partial charge in [0.1, 0.15) is 0 Å². The summed E-state index contributed by atoms with van der Waals surface area (Å²) < 4.78 is 12.3. The minimum atomic E-state index is 0.550. The number of hydrogen-bond donors (Lipinski definition) is 1. The van der Waals surface area contributed by atoms with Crippen molar-refractivity contribution in [2.24, 2.45) is 11.8 Å². The van der Waals surface area contributed by atoms with Gasteiger partial charge in [0.15, 0.2) is 11.5 Å². The fraction of sp³-hybridized carbons (Fsp3) is 0.593. The highest BCUT2D eigenvalue weighted by Crippen LogP contribution is 2.32. The van der Waals surface area contributed by atoms with Gasteiger partial charge >= 0.3 is 0 Å². The van der Waals surface area contributed by atoms with Crippen molar-refractivity contribution in [1.82, 2.24) is 20.6 Å². The van der Waals surface area contributed by atoms with Crippen LogP contribution in [-0.2, 0) is 0 Å². The van der Waals surface area contributed by atoms with E-state index in [9.17, 15) is 0 Å². The summed E-state index contributed by atoms with van der Waals surface area (Å²) >= 11 is 0. The molecule has 1 aromatic heterocycles. The quantitative estimate of drug-likeness (QED) is 0.289. The molecule has 0 aliphatic carbocycles. The van der Waals surface area contributed by atoms with Gasteiger partial charge in [-0.1, -0.05) is 37.1 Å². The number of H-pyrrole nitrogens is 1. The maximum atomic E-state index is 6.19. The number of ether oxygens (including phenoxy) is 2. The Balaban J connectivity index is 1.93. The van der Waals surface area contributed by atoms with E-state index in [1.165, 1.54) is 24.0 Å². The van der Waals surface area contributed by atoms with Crippen LogP contribution in [0.1, 0.15) is 80.1 Å². The molecule has 33 heavy (non-hydrogen) atoms. The number of rotatable bonds is 15. The maximum Gasteiger partial charge on any atom is 0.204 e. The van der Waals surface area contributed by atoms with E-state index in [0.29, 0.717) is 30.9 Å². The first-order valence-electron chi connectivity index (χ1n) is 12.2. The first kappa shape index (κ1) is 26.6. The third-order valence-corrected chi connectivity index (χ3v) is 5.71. The van der Waals surface area contributed by atoms with Gasteiger partial charge in [0, 0.05) is 5.56 Å². The minimum Gasteiger partial charge on any atom is -0.490 e. The smallest absolute Gasteiger partial charge is 0.204 e. The first-order valence-corrected chi connectivity index (χ1v) is 12.2. The lowest BCUT2D eigenvalue weighted by Gasteiger charge is -2.16. The van der Waals surface area contributed by atoms with Gasteiger partial charge < -0.3 is 9.47 Å². The van der Waals surface area contributed by atoms with Crippen molar-refractivity contribution in [3.63, 3.8) is 0 Å². The largest absolute Gasteiger partial charge is 0.490 e. The number of allylic oxidation sites excluding steroid dienone is 4. The molecule has 0 bridgehead atoms. The number of tetrazole rings is 1. The van der Waals surface area contributed by atoms with Crippen LogP contribution in [0.15, 0.2) is 41.5 Å². The van der Waals surface area contributed by atoms with Crippen LogP contribution in [0.25, 0.3) is 11.4 Å². The predicted molar refractivity (Wildman–Crippen MR) is 135 cm³/mol. The summed E-state index contributed by atoms with van der Waals surface area (Å²) in [7, 11) is 0. The van der Waals surface area contributed by atoms with Crippen LogP contribution in [0.3, 0.4) is 0 Å². The standard InChI is InChI=1S/C27H42N4O2/c1-20(2)9-7-11-22(5)15-17-32-25-14-13-24(27-28-30-31-29-27)19-26(25)33-18-16-23(6)12-8-10-21(3)4/h9-10,13-14,19,22-23H,7-8,11-12,15-18H2,1-6H3,(H,28,29,30,31)/t22-,23-/m1/s1. The molecule has 1 heterocycles. The van der Waals surface area contributed by atoms with Crippen LogP contribution < -0.4 is 9.47 Å². The molecule has 0 aliphatic rings. The van der Waals surface area contributed by atoms with E-state index in [-0.39, 0.29) is 0 Å². The van der Waals surface area contributed by atoms with E-state index in [4.69, 9.17) is 9.47 Å². The molecular formula is C27H42N4O2. The Bertz CT molecular complexity index is 866. The first-order chi connectivity index (χ1) is 15.8. The fourth-order valence-corrected chi connectivity index (χ4v) is 3.51. The van der Waals surface area contributed by atoms with Gasteiger partial charge in [-0.15, -0.1) is 10.2 Å². The van der Waals surface area contributed by atoms with Crippen LogP contribution >= 0.6 is 0 Å². The highest BCUT2D eigenvalue weighted by molar-refractivity contribution is 5.60. The molecule has 2 rings (SSSR count). The second kappa shape index (κ2) is 14.5. The molecule has 6 heteroatoms. The van der Waals surface area contributed by atoms with Crippen molar-refractivity contribution in [3.8, 4) is 22.9 Å². The average molecular weight is 455 g/mol. The van der Waals surface area contributed by atoms with E-state index < -0.39 is 0 Å². The summed E-state index contributed by atoms with van der Waals surface area (Å²) in [6.45, 7) is 14.5. The van der Waals surface area contributed by atoms with Gasteiger partial charge in [0.2, 0.25) is 5.82 Å². The molecule has 0 amide bonds. The second-order valence-corrected chi connectivity index (χ2v) is 9.60. The molecule has 0 unspecified atom stereocenters. The topological polar surface area (TPSA) is 72.9 Å². The van der Waals surface area contributed by atoms with Crippen molar-refractivity contribution in [3.05, 3.63) is 41.5 Å². The Morgan fingerprint density at radius 1 is 0.848 bits per heavy atom. The number of hydrogen-bond acceptors (Lipinski definition) is 5. The summed E-state index contributed by atoms with van der Waals surface area (Å²) in [5, 5.41) is 14.3. The second-order valence-electron chi connectivity index (χ2n) is 9.60. The summed E-state index contributed by atoms with van der Waals surface area (Å²) in [5.41, 5.74) is 3.62. The lowest BCUT2D eigenvalue weighted by Crippen LogP contribution is -2.08. The average Bonchev–Trinajstić information content (AvgIpc) is 3.29. The van der Waals surface area contributed by atoms with Crippen molar-refractivity contribution < 1.29 is 9.47 Å². The summed E-state index contributed by atoms with van der Waals surface area (Å²) in [5.74, 6) is 3.29. The van der Waals surface area contributed by atoms with Crippen LogP contribution in [0.5, 0.6) is 11.5 Å².